The van der Waals surface area contributed by atoms with Gasteiger partial charge in [0.1, 0.15) is 23.3 Å². The third kappa shape index (κ3) is 5.81. The first-order valence-corrected chi connectivity index (χ1v) is 16.7. The van der Waals surface area contributed by atoms with Gasteiger partial charge in [0.15, 0.2) is 4.80 Å². The van der Waals surface area contributed by atoms with Crippen LogP contribution in [0.2, 0.25) is 0 Å². The summed E-state index contributed by atoms with van der Waals surface area (Å²) in [5, 5.41) is 0. The average Bonchev–Trinajstić information content (AvgIpc) is 3.62. The van der Waals surface area contributed by atoms with E-state index in [0.717, 1.165) is 24.5 Å². The van der Waals surface area contributed by atoms with E-state index in [0.29, 0.717) is 37.9 Å². The first kappa shape index (κ1) is 30.5. The average molecular weight is 799 g/mol. The van der Waals surface area contributed by atoms with Crippen LogP contribution >= 0.6 is 59.1 Å². The minimum Gasteiger partial charge on any atom is -0.496 e. The molecule has 7 nitrogen and oxygen atoms in total. The van der Waals surface area contributed by atoms with E-state index in [9.17, 15) is 9.59 Å². The standard InChI is InChI=1S/C33H23Br3N2O5S/c1-3-42-32(40)28-29(18-7-5-4-6-8-18)37-33-38(30(28)23-16-20(35)10-13-25(23)41-2)31(39)27(44-33)17-21-11-14-26(43-21)22-15-19(34)9-12-24(22)36/h4-17,30H,3H2,1-2H3/b27-17-/t30-/m0/s1. The summed E-state index contributed by atoms with van der Waals surface area (Å²) in [6, 6.07) is 23.5. The summed E-state index contributed by atoms with van der Waals surface area (Å²) >= 11 is 11.9. The molecule has 0 bridgehead atoms. The monoisotopic (exact) mass is 796 g/mol. The van der Waals surface area contributed by atoms with E-state index in [1.165, 1.54) is 15.9 Å². The van der Waals surface area contributed by atoms with Crippen LogP contribution in [-0.2, 0) is 9.53 Å². The molecular weight excluding hydrogens is 776 g/mol. The molecule has 0 fully saturated rings. The zero-order valence-corrected chi connectivity index (χ0v) is 28.9. The number of benzene rings is 3. The van der Waals surface area contributed by atoms with Crippen molar-refractivity contribution in [1.82, 2.24) is 4.57 Å². The van der Waals surface area contributed by atoms with Gasteiger partial charge in [0.25, 0.3) is 5.56 Å². The normalized spacial score (nSPS) is 14.8. The molecule has 3 heterocycles. The Morgan fingerprint density at radius 2 is 1.77 bits per heavy atom. The fourth-order valence-corrected chi connectivity index (χ4v) is 7.21. The third-order valence-corrected chi connectivity index (χ3v) is 9.61. The van der Waals surface area contributed by atoms with Crippen molar-refractivity contribution >= 4 is 76.9 Å². The summed E-state index contributed by atoms with van der Waals surface area (Å²) in [4.78, 5) is 33.3. The molecule has 1 aliphatic heterocycles. The molecule has 1 aliphatic rings. The van der Waals surface area contributed by atoms with Crippen LogP contribution in [-0.4, -0.2) is 24.3 Å². The van der Waals surface area contributed by atoms with Crippen LogP contribution in [0.25, 0.3) is 23.1 Å². The number of carbonyl (C=O) groups excluding carboxylic acids is 1. The van der Waals surface area contributed by atoms with Gasteiger partial charge < -0.3 is 13.9 Å². The first-order chi connectivity index (χ1) is 21.3. The number of fused-ring (bicyclic) bond motifs is 1. The Morgan fingerprint density at radius 1 is 1.02 bits per heavy atom. The summed E-state index contributed by atoms with van der Waals surface area (Å²) in [5.74, 6) is 1.09. The molecule has 2 aromatic heterocycles. The molecule has 44 heavy (non-hydrogen) atoms. The highest BCUT2D eigenvalue weighted by Gasteiger charge is 2.37. The van der Waals surface area contributed by atoms with E-state index in [1.807, 2.05) is 72.8 Å². The predicted molar refractivity (Wildman–Crippen MR) is 181 cm³/mol. The van der Waals surface area contributed by atoms with Crippen LogP contribution < -0.4 is 19.6 Å². The van der Waals surface area contributed by atoms with Crippen molar-refractivity contribution in [1.29, 1.82) is 0 Å². The summed E-state index contributed by atoms with van der Waals surface area (Å²) in [5.41, 5.74) is 2.56. The number of methoxy groups -OCH3 is 1. The number of carbonyl (C=O) groups is 1. The Hall–Kier alpha value is -3.51. The number of aromatic nitrogens is 1. The zero-order valence-electron chi connectivity index (χ0n) is 23.3. The van der Waals surface area contributed by atoms with Gasteiger partial charge >= 0.3 is 5.97 Å². The van der Waals surface area contributed by atoms with Crippen molar-refractivity contribution in [2.45, 2.75) is 13.0 Å². The van der Waals surface area contributed by atoms with E-state index in [-0.39, 0.29) is 17.7 Å². The molecule has 0 saturated carbocycles. The second-order valence-corrected chi connectivity index (χ2v) is 13.3. The Labute approximate surface area is 281 Å². The zero-order chi connectivity index (χ0) is 31.0. The van der Waals surface area contributed by atoms with Gasteiger partial charge in [-0.2, -0.15) is 0 Å². The van der Waals surface area contributed by atoms with Gasteiger partial charge in [-0.05, 0) is 55.5 Å². The van der Waals surface area contributed by atoms with E-state index >= 15 is 0 Å². The molecule has 0 aliphatic carbocycles. The fourth-order valence-electron chi connectivity index (χ4n) is 5.04. The number of ether oxygens (including phenoxy) is 2. The second kappa shape index (κ2) is 12.8. The quantitative estimate of drug-likeness (QED) is 0.160. The van der Waals surface area contributed by atoms with Crippen molar-refractivity contribution in [2.75, 3.05) is 13.7 Å². The molecule has 1 atom stereocenters. The highest BCUT2D eigenvalue weighted by atomic mass is 79.9. The summed E-state index contributed by atoms with van der Waals surface area (Å²) < 4.78 is 21.9. The number of nitrogens with zero attached hydrogens (tertiary/aromatic N) is 2. The van der Waals surface area contributed by atoms with Crippen LogP contribution in [0.5, 0.6) is 5.75 Å². The molecule has 11 heteroatoms. The lowest BCUT2D eigenvalue weighted by Gasteiger charge is -2.27. The summed E-state index contributed by atoms with van der Waals surface area (Å²) in [6.45, 7) is 1.90. The van der Waals surface area contributed by atoms with Gasteiger partial charge in [0.2, 0.25) is 0 Å². The molecule has 0 saturated heterocycles. The largest absolute Gasteiger partial charge is 0.496 e. The SMILES string of the molecule is CCOC(=O)C1=C(c2ccccc2)N=c2s/c(=C\c3ccc(-c4cc(Br)ccc4Br)o3)c(=O)n2[C@H]1c1cc(Br)ccc1OC. The van der Waals surface area contributed by atoms with Crippen LogP contribution in [0.3, 0.4) is 0 Å². The highest BCUT2D eigenvalue weighted by Crippen LogP contribution is 2.40. The maximum absolute atomic E-state index is 14.2. The van der Waals surface area contributed by atoms with Gasteiger partial charge in [0.05, 0.1) is 29.5 Å². The van der Waals surface area contributed by atoms with E-state index in [2.05, 4.69) is 47.8 Å². The first-order valence-electron chi connectivity index (χ1n) is 13.5. The predicted octanol–water partition coefficient (Wildman–Crippen LogP) is 7.49. The topological polar surface area (TPSA) is 83.0 Å². The lowest BCUT2D eigenvalue weighted by atomic mass is 9.92. The van der Waals surface area contributed by atoms with E-state index in [4.69, 9.17) is 18.9 Å². The molecule has 0 N–H and O–H groups in total. The Bertz CT molecular complexity index is 2110. The molecule has 0 amide bonds. The maximum Gasteiger partial charge on any atom is 0.338 e. The minimum absolute atomic E-state index is 0.159. The van der Waals surface area contributed by atoms with Crippen molar-refractivity contribution in [3.8, 4) is 17.1 Å². The Kier molecular flexibility index (Phi) is 8.91. The van der Waals surface area contributed by atoms with Crippen molar-refractivity contribution < 1.29 is 18.7 Å². The number of thiazole rings is 1. The van der Waals surface area contributed by atoms with Crippen molar-refractivity contribution in [3.63, 3.8) is 0 Å². The lowest BCUT2D eigenvalue weighted by Crippen LogP contribution is -2.40. The second-order valence-electron chi connectivity index (χ2n) is 9.64. The van der Waals surface area contributed by atoms with Gasteiger partial charge in [-0.15, -0.1) is 0 Å². The minimum atomic E-state index is -0.875. The molecule has 6 rings (SSSR count). The molecule has 0 spiro atoms. The summed E-state index contributed by atoms with van der Waals surface area (Å²) in [7, 11) is 1.56. The lowest BCUT2D eigenvalue weighted by molar-refractivity contribution is -0.138. The third-order valence-electron chi connectivity index (χ3n) is 6.95. The van der Waals surface area contributed by atoms with Crippen molar-refractivity contribution in [3.05, 3.63) is 134 Å². The molecule has 3 aromatic carbocycles. The van der Waals surface area contributed by atoms with E-state index < -0.39 is 12.0 Å². The maximum atomic E-state index is 14.2. The number of hydrogen-bond donors (Lipinski definition) is 0. The molecule has 0 radical (unpaired) electrons. The molecular formula is C33H23Br3N2O5S. The number of hydrogen-bond acceptors (Lipinski definition) is 7. The number of esters is 1. The van der Waals surface area contributed by atoms with Gasteiger partial charge in [0, 0.05) is 36.2 Å². The van der Waals surface area contributed by atoms with Crippen LogP contribution in [0.15, 0.2) is 112 Å². The van der Waals surface area contributed by atoms with Gasteiger partial charge in [-0.3, -0.25) is 9.36 Å². The number of rotatable bonds is 7. The smallest absolute Gasteiger partial charge is 0.338 e. The number of halogens is 3. The number of furan rings is 1. The Morgan fingerprint density at radius 3 is 2.52 bits per heavy atom. The fraction of sp³-hybridized carbons (Fsp3) is 0.121. The highest BCUT2D eigenvalue weighted by molar-refractivity contribution is 9.11. The molecule has 0 unspecified atom stereocenters. The molecule has 222 valence electrons. The Balaban J connectivity index is 1.60. The van der Waals surface area contributed by atoms with Crippen LogP contribution in [0, 0.1) is 0 Å². The van der Waals surface area contributed by atoms with Gasteiger partial charge in [-0.1, -0.05) is 89.5 Å². The van der Waals surface area contributed by atoms with Crippen LogP contribution in [0.4, 0.5) is 0 Å². The summed E-state index contributed by atoms with van der Waals surface area (Å²) in [6.07, 6.45) is 1.70. The van der Waals surface area contributed by atoms with Crippen molar-refractivity contribution in [2.24, 2.45) is 4.99 Å². The van der Waals surface area contributed by atoms with E-state index in [1.54, 1.807) is 26.2 Å². The van der Waals surface area contributed by atoms with Gasteiger partial charge in [-0.25, -0.2) is 9.79 Å². The molecule has 5 aromatic rings. The van der Waals surface area contributed by atoms with Crippen LogP contribution in [0.1, 0.15) is 29.9 Å².